The number of halogens is 4. The van der Waals surface area contributed by atoms with Crippen LogP contribution in [0.3, 0.4) is 0 Å². The lowest BCUT2D eigenvalue weighted by Crippen LogP contribution is -2.14. The van der Waals surface area contributed by atoms with E-state index >= 15 is 17.6 Å². The average Bonchev–Trinajstić information content (AvgIpc) is 3.41. The lowest BCUT2D eigenvalue weighted by Gasteiger charge is -2.29. The van der Waals surface area contributed by atoms with Crippen molar-refractivity contribution in [3.05, 3.63) is 70.8 Å². The summed E-state index contributed by atoms with van der Waals surface area (Å²) in [5.74, 6) is -2.57. The lowest BCUT2D eigenvalue weighted by molar-refractivity contribution is 0.303. The Bertz CT molecular complexity index is 1550. The number of rotatable bonds is 9. The zero-order chi connectivity index (χ0) is 30.1. The number of benzene rings is 3. The summed E-state index contributed by atoms with van der Waals surface area (Å²) < 4.78 is 67.9. The maximum Gasteiger partial charge on any atom is 0.171 e. The number of fused-ring (bicyclic) bond motifs is 3. The molecule has 5 heteroatoms. The molecule has 0 atom stereocenters. The molecule has 1 aromatic heterocycles. The molecule has 0 aliphatic heterocycles. The third-order valence-electron chi connectivity index (χ3n) is 10.6. The van der Waals surface area contributed by atoms with Gasteiger partial charge >= 0.3 is 0 Å². The normalized spacial score (nSPS) is 22.9. The van der Waals surface area contributed by atoms with Gasteiger partial charge in [-0.15, -0.1) is 0 Å². The van der Waals surface area contributed by atoms with Gasteiger partial charge in [-0.2, -0.15) is 0 Å². The SMILES string of the molecule is CCCCCC1CCC(c2ccc(-c3cc4oc5cc(C6CCC(CCC)CC6)c(F)c(F)c5c4c(F)c3F)cc2)CC1. The first kappa shape index (κ1) is 30.2. The highest BCUT2D eigenvalue weighted by atomic mass is 19.2. The van der Waals surface area contributed by atoms with Gasteiger partial charge in [0.15, 0.2) is 23.3 Å². The maximum absolute atomic E-state index is 15.6. The van der Waals surface area contributed by atoms with Crippen molar-refractivity contribution in [1.82, 2.24) is 0 Å². The quantitative estimate of drug-likeness (QED) is 0.139. The van der Waals surface area contributed by atoms with Crippen molar-refractivity contribution in [3.63, 3.8) is 0 Å². The number of unbranched alkanes of at least 4 members (excludes halogenated alkanes) is 2. The molecule has 2 aliphatic rings. The Balaban J connectivity index is 1.25. The van der Waals surface area contributed by atoms with Gasteiger partial charge < -0.3 is 4.42 Å². The lowest BCUT2D eigenvalue weighted by atomic mass is 9.77. The summed E-state index contributed by atoms with van der Waals surface area (Å²) in [6, 6.07) is 10.7. The van der Waals surface area contributed by atoms with Crippen molar-refractivity contribution in [2.75, 3.05) is 0 Å². The van der Waals surface area contributed by atoms with Gasteiger partial charge in [0.1, 0.15) is 11.2 Å². The van der Waals surface area contributed by atoms with Crippen LogP contribution in [-0.2, 0) is 0 Å². The minimum Gasteiger partial charge on any atom is -0.456 e. The molecule has 1 heterocycles. The molecule has 2 fully saturated rings. The Morgan fingerprint density at radius 2 is 1.19 bits per heavy atom. The summed E-state index contributed by atoms with van der Waals surface area (Å²) in [5.41, 5.74) is 2.20. The second-order valence-corrected chi connectivity index (χ2v) is 13.3. The van der Waals surface area contributed by atoms with Gasteiger partial charge in [-0.25, -0.2) is 17.6 Å². The van der Waals surface area contributed by atoms with E-state index in [-0.39, 0.29) is 39.0 Å². The van der Waals surface area contributed by atoms with Crippen LogP contribution in [0.15, 0.2) is 40.8 Å². The van der Waals surface area contributed by atoms with E-state index in [1.807, 2.05) is 24.3 Å². The molecule has 1 nitrogen and oxygen atoms in total. The number of furan rings is 1. The summed E-state index contributed by atoms with van der Waals surface area (Å²) in [6.45, 7) is 4.41. The topological polar surface area (TPSA) is 13.1 Å². The fourth-order valence-corrected chi connectivity index (χ4v) is 8.05. The highest BCUT2D eigenvalue weighted by Gasteiger charge is 2.30. The predicted octanol–water partition coefficient (Wildman–Crippen LogP) is 12.7. The summed E-state index contributed by atoms with van der Waals surface area (Å²) >= 11 is 0. The number of hydrogen-bond acceptors (Lipinski definition) is 1. The van der Waals surface area contributed by atoms with E-state index < -0.39 is 23.3 Å². The molecule has 0 unspecified atom stereocenters. The van der Waals surface area contributed by atoms with Crippen LogP contribution >= 0.6 is 0 Å². The molecule has 0 bridgehead atoms. The summed E-state index contributed by atoms with van der Waals surface area (Å²) in [7, 11) is 0. The van der Waals surface area contributed by atoms with Gasteiger partial charge in [0, 0.05) is 5.56 Å². The van der Waals surface area contributed by atoms with E-state index in [9.17, 15) is 0 Å². The largest absolute Gasteiger partial charge is 0.456 e. The van der Waals surface area contributed by atoms with Crippen LogP contribution in [0, 0.1) is 35.1 Å². The minimum atomic E-state index is -1.21. The first-order valence-corrected chi connectivity index (χ1v) is 16.7. The van der Waals surface area contributed by atoms with Crippen molar-refractivity contribution >= 4 is 21.9 Å². The van der Waals surface area contributed by atoms with Gasteiger partial charge in [-0.3, -0.25) is 0 Å². The van der Waals surface area contributed by atoms with E-state index in [0.29, 0.717) is 17.4 Å². The molecule has 2 saturated carbocycles. The van der Waals surface area contributed by atoms with E-state index in [4.69, 9.17) is 4.42 Å². The predicted molar refractivity (Wildman–Crippen MR) is 167 cm³/mol. The van der Waals surface area contributed by atoms with Crippen LogP contribution in [0.4, 0.5) is 17.6 Å². The van der Waals surface area contributed by atoms with E-state index in [1.165, 1.54) is 56.2 Å². The maximum atomic E-state index is 15.6. The number of hydrogen-bond donors (Lipinski definition) is 0. The van der Waals surface area contributed by atoms with Crippen LogP contribution < -0.4 is 0 Å². The molecule has 6 rings (SSSR count). The molecule has 230 valence electrons. The highest BCUT2D eigenvalue weighted by molar-refractivity contribution is 6.07. The van der Waals surface area contributed by atoms with Crippen molar-refractivity contribution in [1.29, 1.82) is 0 Å². The Hall–Kier alpha value is -2.82. The molecule has 3 aromatic carbocycles. The van der Waals surface area contributed by atoms with Crippen molar-refractivity contribution in [2.45, 2.75) is 116 Å². The van der Waals surface area contributed by atoms with E-state index in [2.05, 4.69) is 13.8 Å². The molecule has 2 aliphatic carbocycles. The molecule has 0 spiro atoms. The van der Waals surface area contributed by atoms with Crippen molar-refractivity contribution in [3.8, 4) is 11.1 Å². The summed E-state index contributed by atoms with van der Waals surface area (Å²) in [4.78, 5) is 0. The molecule has 43 heavy (non-hydrogen) atoms. The summed E-state index contributed by atoms with van der Waals surface area (Å²) in [6.07, 6.45) is 15.9. The van der Waals surface area contributed by atoms with Gasteiger partial charge in [0.25, 0.3) is 0 Å². The summed E-state index contributed by atoms with van der Waals surface area (Å²) in [5, 5.41) is -0.655. The first-order chi connectivity index (χ1) is 20.9. The average molecular weight is 593 g/mol. The second-order valence-electron chi connectivity index (χ2n) is 13.3. The molecule has 0 saturated heterocycles. The van der Waals surface area contributed by atoms with Gasteiger partial charge in [0.05, 0.1) is 10.8 Å². The first-order valence-electron chi connectivity index (χ1n) is 16.7. The molecule has 0 amide bonds. The monoisotopic (exact) mass is 592 g/mol. The Morgan fingerprint density at radius 1 is 0.605 bits per heavy atom. The third kappa shape index (κ3) is 5.98. The van der Waals surface area contributed by atoms with Gasteiger partial charge in [-0.1, -0.05) is 76.6 Å². The zero-order valence-electron chi connectivity index (χ0n) is 25.6. The Kier molecular flexibility index (Phi) is 9.16. The van der Waals surface area contributed by atoms with Crippen molar-refractivity contribution < 1.29 is 22.0 Å². The fourth-order valence-electron chi connectivity index (χ4n) is 8.05. The smallest absolute Gasteiger partial charge is 0.171 e. The van der Waals surface area contributed by atoms with Crippen molar-refractivity contribution in [2.24, 2.45) is 11.8 Å². The molecule has 0 N–H and O–H groups in total. The van der Waals surface area contributed by atoms with Crippen LogP contribution in [0.1, 0.15) is 127 Å². The minimum absolute atomic E-state index is 0.0245. The van der Waals surface area contributed by atoms with Gasteiger partial charge in [0.2, 0.25) is 0 Å². The second kappa shape index (κ2) is 13.0. The van der Waals surface area contributed by atoms with E-state index in [0.717, 1.165) is 57.3 Å². The zero-order valence-corrected chi connectivity index (χ0v) is 25.6. The highest BCUT2D eigenvalue weighted by Crippen LogP contribution is 2.44. The van der Waals surface area contributed by atoms with Crippen LogP contribution in [-0.4, -0.2) is 0 Å². The van der Waals surface area contributed by atoms with E-state index in [1.54, 1.807) is 0 Å². The Morgan fingerprint density at radius 3 is 1.81 bits per heavy atom. The van der Waals surface area contributed by atoms with Crippen LogP contribution in [0.25, 0.3) is 33.1 Å². The molecular formula is C38H44F4O. The standard InChI is InChI=1S/C38H44F4O/c1-3-5-6-8-24-9-13-25(14-10-24)26-17-19-28(20-18-26)30-22-32-34(38(42)36(30)40)33-31(43-32)21-29(35(39)37(33)41)27-15-11-23(7-4-2)12-16-27/h17-25,27H,3-16H2,1-2H3. The third-order valence-corrected chi connectivity index (χ3v) is 10.6. The molecular weight excluding hydrogens is 548 g/mol. The fraction of sp³-hybridized carbons (Fsp3) is 0.526. The molecule has 4 aromatic rings. The van der Waals surface area contributed by atoms with Crippen LogP contribution in [0.5, 0.6) is 0 Å². The molecule has 0 radical (unpaired) electrons. The van der Waals surface area contributed by atoms with Gasteiger partial charge in [-0.05, 0) is 104 Å². The van der Waals surface area contributed by atoms with Crippen LogP contribution in [0.2, 0.25) is 0 Å². The Labute approximate surface area is 253 Å².